The number of hydrogen-bond donors (Lipinski definition) is 0. The van der Waals surface area contributed by atoms with Crippen LogP contribution in [0.25, 0.3) is 0 Å². The van der Waals surface area contributed by atoms with Crippen molar-refractivity contribution in [2.24, 2.45) is 0 Å². The van der Waals surface area contributed by atoms with Crippen molar-refractivity contribution in [1.29, 1.82) is 0 Å². The molecule has 2 rings (SSSR count). The van der Waals surface area contributed by atoms with Crippen molar-refractivity contribution < 1.29 is 4.79 Å². The van der Waals surface area contributed by atoms with Gasteiger partial charge in [0.15, 0.2) is 0 Å². The van der Waals surface area contributed by atoms with Gasteiger partial charge in [0.25, 0.3) is 0 Å². The molecular weight excluding hydrogens is 162 g/mol. The van der Waals surface area contributed by atoms with Crippen LogP contribution in [0, 0.1) is 13.8 Å². The number of hydrogen-bond acceptors (Lipinski definition) is 1. The lowest BCUT2D eigenvalue weighted by Gasteiger charge is -2.11. The number of fused-ring (bicyclic) bond motifs is 1. The molecule has 0 saturated heterocycles. The van der Waals surface area contributed by atoms with Gasteiger partial charge in [-0.25, -0.2) is 0 Å². The fourth-order valence-corrected chi connectivity index (χ4v) is 1.73. The predicted molar refractivity (Wildman–Crippen MR) is 53.0 cm³/mol. The third kappa shape index (κ3) is 1.13. The van der Waals surface area contributed by atoms with E-state index in [2.05, 4.69) is 26.0 Å². The van der Waals surface area contributed by atoms with E-state index in [0.29, 0.717) is 6.42 Å². The molecule has 1 aliphatic heterocycles. The lowest BCUT2D eigenvalue weighted by molar-refractivity contribution is -0.117. The Labute approximate surface area is 78.2 Å². The minimum absolute atomic E-state index is 0.194. The summed E-state index contributed by atoms with van der Waals surface area (Å²) < 4.78 is 0. The Balaban J connectivity index is 2.59. The molecule has 0 aromatic heterocycles. The first-order valence-electron chi connectivity index (χ1n) is 4.46. The highest BCUT2D eigenvalue weighted by atomic mass is 16.2. The van der Waals surface area contributed by atoms with Gasteiger partial charge in [0.05, 0.1) is 6.42 Å². The van der Waals surface area contributed by atoms with Crippen LogP contribution in [0.3, 0.4) is 0 Å². The van der Waals surface area contributed by atoms with E-state index in [4.69, 9.17) is 0 Å². The van der Waals surface area contributed by atoms with E-state index in [9.17, 15) is 4.79 Å². The largest absolute Gasteiger partial charge is 0.315 e. The molecule has 1 heterocycles. The Hall–Kier alpha value is -1.31. The van der Waals surface area contributed by atoms with E-state index < -0.39 is 0 Å². The number of nitrogens with zero attached hydrogens (tertiary/aromatic N) is 1. The van der Waals surface area contributed by atoms with Crippen molar-refractivity contribution in [3.63, 3.8) is 0 Å². The summed E-state index contributed by atoms with van der Waals surface area (Å²) in [5.74, 6) is 0.194. The SMILES string of the molecule is Cc1cc2c(cc1C)N(C)C(=O)C2. The molecule has 0 unspecified atom stereocenters. The van der Waals surface area contributed by atoms with Crippen LogP contribution >= 0.6 is 0 Å². The molecule has 1 aliphatic rings. The monoisotopic (exact) mass is 175 g/mol. The molecule has 1 amide bonds. The number of carbonyl (C=O) groups is 1. The quantitative estimate of drug-likeness (QED) is 0.589. The highest BCUT2D eigenvalue weighted by Gasteiger charge is 2.23. The summed E-state index contributed by atoms with van der Waals surface area (Å²) in [5, 5.41) is 0. The van der Waals surface area contributed by atoms with Gasteiger partial charge in [0.1, 0.15) is 0 Å². The van der Waals surface area contributed by atoms with Crippen LogP contribution in [0.1, 0.15) is 16.7 Å². The molecule has 68 valence electrons. The van der Waals surface area contributed by atoms with Gasteiger partial charge in [0.2, 0.25) is 5.91 Å². The van der Waals surface area contributed by atoms with Crippen molar-refractivity contribution in [3.8, 4) is 0 Å². The maximum absolute atomic E-state index is 11.4. The van der Waals surface area contributed by atoms with Gasteiger partial charge in [-0.2, -0.15) is 0 Å². The van der Waals surface area contributed by atoms with Crippen LogP contribution in [-0.4, -0.2) is 13.0 Å². The number of amides is 1. The smallest absolute Gasteiger partial charge is 0.231 e. The number of carbonyl (C=O) groups excluding carboxylic acids is 1. The number of aryl methyl sites for hydroxylation is 2. The second kappa shape index (κ2) is 2.59. The molecule has 1 aromatic carbocycles. The topological polar surface area (TPSA) is 20.3 Å². The Morgan fingerprint density at radius 2 is 1.85 bits per heavy atom. The maximum atomic E-state index is 11.4. The molecule has 0 atom stereocenters. The van der Waals surface area contributed by atoms with E-state index in [1.165, 1.54) is 11.1 Å². The zero-order valence-corrected chi connectivity index (χ0v) is 8.22. The van der Waals surface area contributed by atoms with Crippen molar-refractivity contribution in [3.05, 3.63) is 28.8 Å². The van der Waals surface area contributed by atoms with Gasteiger partial charge in [-0.1, -0.05) is 6.07 Å². The van der Waals surface area contributed by atoms with Crippen molar-refractivity contribution in [2.75, 3.05) is 11.9 Å². The molecule has 13 heavy (non-hydrogen) atoms. The maximum Gasteiger partial charge on any atom is 0.231 e. The van der Waals surface area contributed by atoms with E-state index in [0.717, 1.165) is 11.3 Å². The summed E-state index contributed by atoms with van der Waals surface area (Å²) in [6, 6.07) is 4.21. The summed E-state index contributed by atoms with van der Waals surface area (Å²) in [6.45, 7) is 4.16. The van der Waals surface area contributed by atoms with Crippen LogP contribution in [0.2, 0.25) is 0 Å². The Morgan fingerprint density at radius 3 is 2.54 bits per heavy atom. The average Bonchev–Trinajstić information content (AvgIpc) is 2.32. The molecule has 1 aromatic rings. The molecule has 0 bridgehead atoms. The number of anilines is 1. The lowest BCUT2D eigenvalue weighted by Crippen LogP contribution is -2.20. The predicted octanol–water partition coefficient (Wildman–Crippen LogP) is 1.82. The van der Waals surface area contributed by atoms with Crippen molar-refractivity contribution in [2.45, 2.75) is 20.3 Å². The van der Waals surface area contributed by atoms with Crippen LogP contribution in [0.15, 0.2) is 12.1 Å². The van der Waals surface area contributed by atoms with Gasteiger partial charge in [-0.15, -0.1) is 0 Å². The van der Waals surface area contributed by atoms with Crippen molar-refractivity contribution >= 4 is 11.6 Å². The first-order chi connectivity index (χ1) is 6.09. The molecule has 2 heteroatoms. The fraction of sp³-hybridized carbons (Fsp3) is 0.364. The van der Waals surface area contributed by atoms with Gasteiger partial charge in [-0.3, -0.25) is 4.79 Å². The normalized spacial score (nSPS) is 15.0. The number of rotatable bonds is 0. The fourth-order valence-electron chi connectivity index (χ4n) is 1.73. The van der Waals surface area contributed by atoms with Crippen LogP contribution in [0.4, 0.5) is 5.69 Å². The van der Waals surface area contributed by atoms with Gasteiger partial charge in [-0.05, 0) is 36.6 Å². The second-order valence-corrected chi connectivity index (χ2v) is 3.69. The van der Waals surface area contributed by atoms with Crippen LogP contribution in [0.5, 0.6) is 0 Å². The minimum atomic E-state index is 0.194. The second-order valence-electron chi connectivity index (χ2n) is 3.69. The van der Waals surface area contributed by atoms with Gasteiger partial charge in [0, 0.05) is 12.7 Å². The molecular formula is C11H13NO. The van der Waals surface area contributed by atoms with Crippen LogP contribution < -0.4 is 4.90 Å². The average molecular weight is 175 g/mol. The Bertz CT molecular complexity index is 382. The Kier molecular flexibility index (Phi) is 1.65. The summed E-state index contributed by atoms with van der Waals surface area (Å²) in [6.07, 6.45) is 0.562. The molecule has 0 aliphatic carbocycles. The molecule has 0 N–H and O–H groups in total. The van der Waals surface area contributed by atoms with Crippen molar-refractivity contribution in [1.82, 2.24) is 0 Å². The van der Waals surface area contributed by atoms with Gasteiger partial charge < -0.3 is 4.90 Å². The lowest BCUT2D eigenvalue weighted by atomic mass is 10.0. The zero-order chi connectivity index (χ0) is 9.59. The minimum Gasteiger partial charge on any atom is -0.315 e. The molecule has 2 nitrogen and oxygen atoms in total. The van der Waals surface area contributed by atoms with Gasteiger partial charge >= 0.3 is 0 Å². The third-order valence-corrected chi connectivity index (χ3v) is 2.77. The van der Waals surface area contributed by atoms with E-state index in [-0.39, 0.29) is 5.91 Å². The highest BCUT2D eigenvalue weighted by Crippen LogP contribution is 2.29. The summed E-state index contributed by atoms with van der Waals surface area (Å²) >= 11 is 0. The molecule has 0 radical (unpaired) electrons. The van der Waals surface area contributed by atoms with Crippen LogP contribution in [-0.2, 0) is 11.2 Å². The van der Waals surface area contributed by atoms with E-state index in [1.807, 2.05) is 7.05 Å². The zero-order valence-electron chi connectivity index (χ0n) is 8.22. The first kappa shape index (κ1) is 8.30. The number of likely N-dealkylation sites (N-methyl/N-ethyl adjacent to an activating group) is 1. The molecule has 0 saturated carbocycles. The molecule has 0 spiro atoms. The standard InChI is InChI=1S/C11H13NO/c1-7-4-9-6-11(13)12(3)10(9)5-8(7)2/h4-5H,6H2,1-3H3. The summed E-state index contributed by atoms with van der Waals surface area (Å²) in [4.78, 5) is 13.1. The highest BCUT2D eigenvalue weighted by molar-refractivity contribution is 6.01. The summed E-state index contributed by atoms with van der Waals surface area (Å²) in [7, 11) is 1.84. The first-order valence-corrected chi connectivity index (χ1v) is 4.46. The Morgan fingerprint density at radius 1 is 1.23 bits per heavy atom. The molecule has 0 fully saturated rings. The number of benzene rings is 1. The van der Waals surface area contributed by atoms with E-state index in [1.54, 1.807) is 4.90 Å². The third-order valence-electron chi connectivity index (χ3n) is 2.77. The van der Waals surface area contributed by atoms with E-state index >= 15 is 0 Å². The summed E-state index contributed by atoms with van der Waals surface area (Å²) in [5.41, 5.74) is 4.76.